The minimum atomic E-state index is -5.42. The largest absolute Gasteiger partial charge is 0.469 e. The maximum absolute atomic E-state index is 15.1. The molecule has 0 saturated carbocycles. The number of primary amides is 2. The van der Waals surface area contributed by atoms with Crippen molar-refractivity contribution in [3.63, 3.8) is 0 Å². The Labute approximate surface area is 557 Å². The number of hydrogen-bond acceptors (Lipinski definition) is 16. The predicted octanol–water partition coefficient (Wildman–Crippen LogP) is 0.935. The highest BCUT2D eigenvalue weighted by atomic mass is 32.2. The number of piperidine rings is 1. The van der Waals surface area contributed by atoms with Gasteiger partial charge in [-0.05, 0) is 117 Å². The van der Waals surface area contributed by atoms with Gasteiger partial charge in [0, 0.05) is 61.4 Å². The van der Waals surface area contributed by atoms with Crippen molar-refractivity contribution in [2.75, 3.05) is 18.8 Å². The highest BCUT2D eigenvalue weighted by Crippen LogP contribution is 2.39. The van der Waals surface area contributed by atoms with Crippen LogP contribution in [0.1, 0.15) is 116 Å². The van der Waals surface area contributed by atoms with E-state index < -0.39 is 121 Å². The average Bonchev–Trinajstić information content (AvgIpc) is 1.82. The molecule has 29 nitrogen and oxygen atoms in total. The Bertz CT molecular complexity index is 3520. The quantitative estimate of drug-likeness (QED) is 0.0173. The lowest BCUT2D eigenvalue weighted by atomic mass is 9.97. The number of urea groups is 1. The lowest BCUT2D eigenvalue weighted by molar-refractivity contribution is -0.148. The first-order valence-electron chi connectivity index (χ1n) is 31.7. The average molecular weight is 1380 g/mol. The summed E-state index contributed by atoms with van der Waals surface area (Å²) in [4.78, 5) is 182. The standard InChI is InChI=1S/C63H86N13O16PS2/c1-34(68-58(83)44(69-37(4)77)18-11-13-27-66-52(79)22-10-9-21-50-54-47(33-95-50)73-63(88)75-54)56(81)67-35(2)57(82)71-46(31-41-32-94-49-20-8-7-17-42(41)49)60(85)74-53(36(3)92-93(89,90)91)62(87)76-28-14-12-19-48(76)61(86)72-45(59(84)70-43(55(65)80)25-26-51(64)78)30-38-23-24-39-15-5-6-16-40(39)29-38/h5-8,15-17,20,23-24,29,32,34-36,43-48,50,53-54H,9-14,18-19,21-22,25-28,30-31,33H2,1-4H3,(H2,64,78)(H2,65,80)(H,66,79)(H,67,81)(H,68,83)(H,69,77)(H,70,84)(H,71,82)(H,72,86)(H,74,85)(H2,73,75,88)(H2,89,90,91)/t34-,35-,36-,43-,44-,45-,46-,47-,48-,50-,53-,54-/m0/s1. The first kappa shape index (κ1) is 74.2. The van der Waals surface area contributed by atoms with Crippen LogP contribution in [0.25, 0.3) is 20.9 Å². The molecule has 0 unspecified atom stereocenters. The van der Waals surface area contributed by atoms with Gasteiger partial charge in [0.15, 0.2) is 0 Å². The molecule has 32 heteroatoms. The third kappa shape index (κ3) is 22.2. The van der Waals surface area contributed by atoms with E-state index in [1.165, 1.54) is 32.1 Å². The van der Waals surface area contributed by atoms with Crippen molar-refractivity contribution >= 4 is 123 Å². The number of rotatable bonds is 35. The molecule has 3 aliphatic rings. The van der Waals surface area contributed by atoms with Gasteiger partial charge in [-0.15, -0.1) is 11.3 Å². The van der Waals surface area contributed by atoms with E-state index in [0.717, 1.165) is 45.9 Å². The Morgan fingerprint density at radius 3 is 2.08 bits per heavy atom. The number of nitrogens with two attached hydrogens (primary N) is 2. The zero-order chi connectivity index (χ0) is 69.1. The fourth-order valence-corrected chi connectivity index (χ4v) is 14.8. The third-order valence-corrected chi connectivity index (χ3v) is 19.9. The van der Waals surface area contributed by atoms with E-state index in [1.54, 1.807) is 35.7 Å². The zero-order valence-corrected chi connectivity index (χ0v) is 55.9. The molecule has 3 fully saturated rings. The van der Waals surface area contributed by atoms with Crippen LogP contribution in [0, 0.1) is 0 Å². The number of fused-ring (bicyclic) bond motifs is 3. The topological polar surface area (TPSA) is 447 Å². The summed E-state index contributed by atoms with van der Waals surface area (Å²) in [6.07, 6.45) is 1.78. The van der Waals surface area contributed by atoms with Gasteiger partial charge in [0.1, 0.15) is 48.3 Å². The van der Waals surface area contributed by atoms with E-state index in [4.69, 9.17) is 16.0 Å². The first-order valence-corrected chi connectivity index (χ1v) is 35.2. The van der Waals surface area contributed by atoms with Crippen molar-refractivity contribution in [2.24, 2.45) is 11.5 Å². The van der Waals surface area contributed by atoms with Crippen LogP contribution >= 0.6 is 30.9 Å². The van der Waals surface area contributed by atoms with Crippen LogP contribution < -0.4 is 64.6 Å². The van der Waals surface area contributed by atoms with Crippen LogP contribution in [0.3, 0.4) is 0 Å². The highest BCUT2D eigenvalue weighted by Gasteiger charge is 2.44. The van der Waals surface area contributed by atoms with Crippen molar-refractivity contribution in [1.29, 1.82) is 0 Å². The van der Waals surface area contributed by atoms with Gasteiger partial charge in [-0.3, -0.25) is 57.3 Å². The first-order chi connectivity index (χ1) is 45.1. The van der Waals surface area contributed by atoms with E-state index in [9.17, 15) is 67.1 Å². The van der Waals surface area contributed by atoms with Crippen LogP contribution in [-0.4, -0.2) is 176 Å². The number of phosphoric acid groups is 1. The van der Waals surface area contributed by atoms with Crippen LogP contribution in [0.15, 0.2) is 72.1 Å². The number of benzene rings is 3. The fraction of sp³-hybridized carbons (Fsp3) is 0.524. The zero-order valence-electron chi connectivity index (χ0n) is 53.4. The summed E-state index contributed by atoms with van der Waals surface area (Å²) >= 11 is 3.16. The third-order valence-electron chi connectivity index (χ3n) is 16.8. The van der Waals surface area contributed by atoms with Crippen molar-refractivity contribution in [3.05, 3.63) is 83.2 Å². The van der Waals surface area contributed by atoms with Crippen LogP contribution in [0.4, 0.5) is 4.79 Å². The van der Waals surface area contributed by atoms with Gasteiger partial charge in [-0.2, -0.15) is 11.8 Å². The molecule has 0 spiro atoms. The molecule has 7 rings (SSSR count). The highest BCUT2D eigenvalue weighted by molar-refractivity contribution is 8.00. The van der Waals surface area contributed by atoms with Crippen molar-refractivity contribution in [3.8, 4) is 0 Å². The molecule has 3 aromatic carbocycles. The molecule has 3 saturated heterocycles. The van der Waals surface area contributed by atoms with Gasteiger partial charge in [0.2, 0.25) is 65.0 Å². The summed E-state index contributed by atoms with van der Waals surface area (Å²) in [5, 5.41) is 31.3. The summed E-state index contributed by atoms with van der Waals surface area (Å²) in [6.45, 7) is 5.22. The van der Waals surface area contributed by atoms with Gasteiger partial charge < -0.3 is 79.3 Å². The van der Waals surface area contributed by atoms with E-state index in [1.807, 2.05) is 48.2 Å². The molecular formula is C63H86N13O16PS2. The Hall–Kier alpha value is -8.22. The molecule has 95 heavy (non-hydrogen) atoms. The normalized spacial score (nSPS) is 19.3. The second kappa shape index (κ2) is 35.0. The molecule has 4 aromatic rings. The molecule has 0 radical (unpaired) electrons. The molecule has 1 aromatic heterocycles. The van der Waals surface area contributed by atoms with Gasteiger partial charge in [0.05, 0.1) is 18.2 Å². The van der Waals surface area contributed by atoms with E-state index in [-0.39, 0.29) is 69.1 Å². The molecule has 4 heterocycles. The number of unbranched alkanes of at least 4 members (excludes halogenated alkanes) is 2. The van der Waals surface area contributed by atoms with Crippen LogP contribution in [-0.2, 0) is 74.7 Å². The van der Waals surface area contributed by atoms with Gasteiger partial charge in [-0.25, -0.2) is 9.36 Å². The number of nitrogens with zero attached hydrogens (tertiary/aromatic N) is 1. The summed E-state index contributed by atoms with van der Waals surface area (Å²) in [5.74, 6) is -7.73. The summed E-state index contributed by atoms with van der Waals surface area (Å²) in [5.41, 5.74) is 12.1. The molecule has 516 valence electrons. The number of thioether (sulfide) groups is 1. The number of phosphoric ester groups is 1. The number of thiophene rings is 1. The van der Waals surface area contributed by atoms with E-state index in [2.05, 4.69) is 53.2 Å². The number of carbonyl (C=O) groups is 12. The van der Waals surface area contributed by atoms with Crippen molar-refractivity contribution < 1.29 is 76.4 Å². The minimum absolute atomic E-state index is 0.0128. The SMILES string of the molecule is CC(=O)N[C@@H](CCCCNC(=O)CCCC[C@@H]1SC[C@@H]2NC(=O)N[C@@H]21)C(=O)N[C@@H](C)C(=O)N[C@@H](C)C(=O)N[C@@H](Cc1csc2ccccc12)C(=O)N[C@H](C(=O)N1CCCC[C@H]1C(=O)N[C@@H](Cc1ccc2ccccc2c1)C(=O)N[C@@H](CCC(N)=O)C(N)=O)[C@H](C)OP(=O)(O)O. The Morgan fingerprint density at radius 2 is 1.37 bits per heavy atom. The molecule has 13 amide bonds. The second-order valence-corrected chi connectivity index (χ2v) is 27.6. The molecule has 16 N–H and O–H groups in total. The summed E-state index contributed by atoms with van der Waals surface area (Å²) in [7, 11) is -5.42. The molecule has 0 bridgehead atoms. The molecular weight excluding hydrogens is 1290 g/mol. The summed E-state index contributed by atoms with van der Waals surface area (Å²) in [6, 6.07) is 8.64. The van der Waals surface area contributed by atoms with Gasteiger partial charge >= 0.3 is 13.9 Å². The lowest BCUT2D eigenvalue weighted by Crippen LogP contribution is -2.63. The number of nitrogens with one attached hydrogen (secondary N) is 10. The van der Waals surface area contributed by atoms with Crippen molar-refractivity contribution in [2.45, 2.75) is 189 Å². The number of hydrogen-bond donors (Lipinski definition) is 14. The molecule has 0 aliphatic carbocycles. The second-order valence-electron chi connectivity index (χ2n) is 24.2. The Kier molecular flexibility index (Phi) is 27.3. The predicted molar refractivity (Wildman–Crippen MR) is 354 cm³/mol. The van der Waals surface area contributed by atoms with Gasteiger partial charge in [0.25, 0.3) is 0 Å². The molecule has 12 atom stereocenters. The fourth-order valence-electron chi connectivity index (χ4n) is 11.8. The number of likely N-dealkylation sites (tertiary alicyclic amines) is 1. The number of carbonyl (C=O) groups excluding carboxylic acids is 12. The van der Waals surface area contributed by atoms with Gasteiger partial charge in [-0.1, -0.05) is 67.1 Å². The minimum Gasteiger partial charge on any atom is -0.370 e. The maximum Gasteiger partial charge on any atom is 0.469 e. The van der Waals surface area contributed by atoms with Crippen LogP contribution in [0.5, 0.6) is 0 Å². The number of amides is 13. The molecule has 3 aliphatic heterocycles. The Balaban J connectivity index is 1.00. The Morgan fingerprint density at radius 1 is 0.705 bits per heavy atom. The van der Waals surface area contributed by atoms with Crippen LogP contribution in [0.2, 0.25) is 0 Å². The summed E-state index contributed by atoms with van der Waals surface area (Å²) < 4.78 is 18.3. The lowest BCUT2D eigenvalue weighted by Gasteiger charge is -2.39. The van der Waals surface area contributed by atoms with Crippen molar-refractivity contribution in [1.82, 2.24) is 58.1 Å². The van der Waals surface area contributed by atoms with E-state index >= 15 is 4.79 Å². The van der Waals surface area contributed by atoms with E-state index in [0.29, 0.717) is 66.8 Å². The maximum atomic E-state index is 15.1. The monoisotopic (exact) mass is 1380 g/mol. The smallest absolute Gasteiger partial charge is 0.370 e.